The Labute approximate surface area is 237 Å². The van der Waals surface area contributed by atoms with E-state index in [1.165, 1.54) is 25.1 Å². The van der Waals surface area contributed by atoms with Crippen LogP contribution in [0.15, 0.2) is 65.8 Å². The van der Waals surface area contributed by atoms with Gasteiger partial charge in [0.25, 0.3) is 11.6 Å². The summed E-state index contributed by atoms with van der Waals surface area (Å²) in [4.78, 5) is 36.2. The third-order valence-corrected chi connectivity index (χ3v) is 7.32. The fraction of sp³-hybridized carbons (Fsp3) is 0.154. The Morgan fingerprint density at radius 2 is 1.79 bits per heavy atom. The first-order valence-corrected chi connectivity index (χ1v) is 13.3. The van der Waals surface area contributed by atoms with Gasteiger partial charge in [-0.3, -0.25) is 24.3 Å². The highest BCUT2D eigenvalue weighted by Gasteiger charge is 2.21. The molecule has 1 aromatic heterocycles. The molecule has 0 bridgehead atoms. The van der Waals surface area contributed by atoms with E-state index in [1.54, 1.807) is 28.8 Å². The van der Waals surface area contributed by atoms with E-state index in [0.29, 0.717) is 32.4 Å². The standard InChI is InChI=1S/C26H22Cl2N6O4S/c1-15-5-3-6-17(11-15)30-24(35)14-39-26-32-31-23(33(26)18-9-10-20(27)21(28)12-18)13-29-25(36)19-7-4-8-22(16(19)2)34(37)38/h3-12H,13-14H2,1-2H3,(H,29,36)(H,30,35). The van der Waals surface area contributed by atoms with Crippen LogP contribution in [0, 0.1) is 24.0 Å². The van der Waals surface area contributed by atoms with E-state index < -0.39 is 10.8 Å². The number of amides is 2. The van der Waals surface area contributed by atoms with Crippen molar-refractivity contribution < 1.29 is 14.5 Å². The maximum absolute atomic E-state index is 12.9. The van der Waals surface area contributed by atoms with Crippen molar-refractivity contribution in [3.63, 3.8) is 0 Å². The number of carbonyl (C=O) groups excluding carboxylic acids is 2. The molecule has 0 spiro atoms. The number of aryl methyl sites for hydroxylation is 1. The Hall–Kier alpha value is -3.93. The third-order valence-electron chi connectivity index (χ3n) is 5.65. The minimum absolute atomic E-state index is 0.0482. The van der Waals surface area contributed by atoms with Crippen LogP contribution in [0.5, 0.6) is 0 Å². The highest BCUT2D eigenvalue weighted by molar-refractivity contribution is 7.99. The molecule has 4 aromatic rings. The third kappa shape index (κ3) is 6.75. The van der Waals surface area contributed by atoms with Crippen molar-refractivity contribution in [2.24, 2.45) is 0 Å². The van der Waals surface area contributed by atoms with Crippen LogP contribution >= 0.6 is 35.0 Å². The molecule has 0 aliphatic rings. The molecule has 10 nitrogen and oxygen atoms in total. The second-order valence-electron chi connectivity index (χ2n) is 8.43. The smallest absolute Gasteiger partial charge is 0.273 e. The number of thioether (sulfide) groups is 1. The fourth-order valence-electron chi connectivity index (χ4n) is 3.76. The topological polar surface area (TPSA) is 132 Å². The molecule has 0 atom stereocenters. The van der Waals surface area contributed by atoms with E-state index in [9.17, 15) is 19.7 Å². The highest BCUT2D eigenvalue weighted by atomic mass is 35.5. The number of nitrogens with one attached hydrogen (secondary N) is 2. The molecule has 2 N–H and O–H groups in total. The first-order chi connectivity index (χ1) is 18.6. The SMILES string of the molecule is Cc1cccc(NC(=O)CSc2nnc(CNC(=O)c3cccc([N+](=O)[O-])c3C)n2-c2ccc(Cl)c(Cl)c2)c1. The van der Waals surface area contributed by atoms with Crippen LogP contribution in [-0.4, -0.2) is 37.3 Å². The number of hydrogen-bond acceptors (Lipinski definition) is 7. The molecule has 13 heteroatoms. The average molecular weight is 585 g/mol. The Morgan fingerprint density at radius 3 is 2.51 bits per heavy atom. The lowest BCUT2D eigenvalue weighted by Gasteiger charge is -2.12. The molecule has 3 aromatic carbocycles. The molecule has 200 valence electrons. The van der Waals surface area contributed by atoms with Gasteiger partial charge in [-0.15, -0.1) is 10.2 Å². The lowest BCUT2D eigenvalue weighted by Crippen LogP contribution is -2.25. The van der Waals surface area contributed by atoms with Crippen LogP contribution in [0.3, 0.4) is 0 Å². The number of benzene rings is 3. The number of nitro benzene ring substituents is 1. The van der Waals surface area contributed by atoms with Gasteiger partial charge in [0.2, 0.25) is 5.91 Å². The molecule has 0 aliphatic heterocycles. The average Bonchev–Trinajstić information content (AvgIpc) is 3.30. The first-order valence-electron chi connectivity index (χ1n) is 11.5. The van der Waals surface area contributed by atoms with E-state index in [4.69, 9.17) is 23.2 Å². The van der Waals surface area contributed by atoms with Gasteiger partial charge in [-0.05, 0) is 55.8 Å². The van der Waals surface area contributed by atoms with Crippen molar-refractivity contribution in [2.45, 2.75) is 25.5 Å². The van der Waals surface area contributed by atoms with Crippen molar-refractivity contribution in [1.82, 2.24) is 20.1 Å². The summed E-state index contributed by atoms with van der Waals surface area (Å²) in [5.74, 6) is -0.338. The zero-order chi connectivity index (χ0) is 28.1. The van der Waals surface area contributed by atoms with E-state index in [2.05, 4.69) is 20.8 Å². The van der Waals surface area contributed by atoms with Gasteiger partial charge in [-0.2, -0.15) is 0 Å². The molecule has 0 saturated heterocycles. The zero-order valence-electron chi connectivity index (χ0n) is 20.8. The van der Waals surface area contributed by atoms with Crippen LogP contribution in [-0.2, 0) is 11.3 Å². The van der Waals surface area contributed by atoms with Crippen LogP contribution in [0.2, 0.25) is 10.0 Å². The second kappa shape index (κ2) is 12.3. The Bertz CT molecular complexity index is 1580. The zero-order valence-corrected chi connectivity index (χ0v) is 23.1. The van der Waals surface area contributed by atoms with Crippen LogP contribution in [0.1, 0.15) is 27.3 Å². The summed E-state index contributed by atoms with van der Waals surface area (Å²) in [6.07, 6.45) is 0. The normalized spacial score (nSPS) is 10.8. The minimum atomic E-state index is -0.536. The molecular weight excluding hydrogens is 563 g/mol. The van der Waals surface area contributed by atoms with Gasteiger partial charge in [0.1, 0.15) is 0 Å². The fourth-order valence-corrected chi connectivity index (χ4v) is 4.83. The van der Waals surface area contributed by atoms with Crippen LogP contribution in [0.4, 0.5) is 11.4 Å². The summed E-state index contributed by atoms with van der Waals surface area (Å²) in [5, 5.41) is 26.3. The molecule has 0 aliphatic carbocycles. The van der Waals surface area contributed by atoms with Crippen LogP contribution < -0.4 is 10.6 Å². The summed E-state index contributed by atoms with van der Waals surface area (Å²) < 4.78 is 1.66. The van der Waals surface area contributed by atoms with Crippen LogP contribution in [0.25, 0.3) is 5.69 Å². The van der Waals surface area contributed by atoms with E-state index in [-0.39, 0.29) is 35.0 Å². The van der Waals surface area contributed by atoms with Gasteiger partial charge in [-0.1, -0.05) is 53.2 Å². The van der Waals surface area contributed by atoms with Gasteiger partial charge in [0.15, 0.2) is 11.0 Å². The van der Waals surface area contributed by atoms with Crippen molar-refractivity contribution in [3.8, 4) is 5.69 Å². The van der Waals surface area contributed by atoms with E-state index in [0.717, 1.165) is 17.3 Å². The van der Waals surface area contributed by atoms with E-state index >= 15 is 0 Å². The number of hydrogen-bond donors (Lipinski definition) is 2. The molecule has 2 amide bonds. The molecule has 0 saturated carbocycles. The predicted molar refractivity (Wildman–Crippen MR) is 151 cm³/mol. The summed E-state index contributed by atoms with van der Waals surface area (Å²) in [6, 6.07) is 16.7. The predicted octanol–water partition coefficient (Wildman–Crippen LogP) is 5.76. The number of rotatable bonds is 9. The van der Waals surface area contributed by atoms with Gasteiger partial charge in [0, 0.05) is 22.9 Å². The number of nitrogens with zero attached hydrogens (tertiary/aromatic N) is 4. The van der Waals surface area contributed by atoms with Crippen molar-refractivity contribution in [3.05, 3.63) is 103 Å². The highest BCUT2D eigenvalue weighted by Crippen LogP contribution is 2.28. The molecule has 39 heavy (non-hydrogen) atoms. The maximum atomic E-state index is 12.9. The molecule has 0 unspecified atom stereocenters. The number of halogens is 2. The monoisotopic (exact) mass is 584 g/mol. The second-order valence-corrected chi connectivity index (χ2v) is 10.2. The molecule has 4 rings (SSSR count). The van der Waals surface area contributed by atoms with Crippen molar-refractivity contribution in [2.75, 3.05) is 11.1 Å². The molecular formula is C26H22Cl2N6O4S. The summed E-state index contributed by atoms with van der Waals surface area (Å²) in [5.41, 5.74) is 2.56. The van der Waals surface area contributed by atoms with Gasteiger partial charge < -0.3 is 10.6 Å². The number of carbonyl (C=O) groups is 2. The minimum Gasteiger partial charge on any atom is -0.345 e. The maximum Gasteiger partial charge on any atom is 0.273 e. The van der Waals surface area contributed by atoms with Crippen molar-refractivity contribution in [1.29, 1.82) is 0 Å². The summed E-state index contributed by atoms with van der Waals surface area (Å²) in [7, 11) is 0. The molecule has 1 heterocycles. The number of aromatic nitrogens is 3. The Balaban J connectivity index is 1.56. The Morgan fingerprint density at radius 1 is 1.03 bits per heavy atom. The lowest BCUT2D eigenvalue weighted by atomic mass is 10.1. The largest absolute Gasteiger partial charge is 0.345 e. The van der Waals surface area contributed by atoms with Gasteiger partial charge in [-0.25, -0.2) is 0 Å². The van der Waals surface area contributed by atoms with Crippen molar-refractivity contribution >= 4 is 58.2 Å². The quantitative estimate of drug-likeness (QED) is 0.145. The molecule has 0 fully saturated rings. The number of anilines is 1. The van der Waals surface area contributed by atoms with Gasteiger partial charge in [0.05, 0.1) is 33.0 Å². The Kier molecular flexibility index (Phi) is 8.85. The van der Waals surface area contributed by atoms with Gasteiger partial charge >= 0.3 is 0 Å². The molecule has 0 radical (unpaired) electrons. The lowest BCUT2D eigenvalue weighted by molar-refractivity contribution is -0.385. The summed E-state index contributed by atoms with van der Waals surface area (Å²) >= 11 is 13.5. The van der Waals surface area contributed by atoms with E-state index in [1.807, 2.05) is 25.1 Å². The summed E-state index contributed by atoms with van der Waals surface area (Å²) in [6.45, 7) is 3.40. The number of nitro groups is 1. The first kappa shape index (κ1) is 28.1.